The van der Waals surface area contributed by atoms with Gasteiger partial charge in [0.1, 0.15) is 5.92 Å². The minimum atomic E-state index is -4.24. The number of fused-ring (bicyclic) bond motifs is 1. The number of carbonyl (C=O) groups is 3. The van der Waals surface area contributed by atoms with E-state index in [1.807, 2.05) is 12.1 Å². The van der Waals surface area contributed by atoms with E-state index in [9.17, 15) is 22.8 Å². The largest absolute Gasteiger partial charge is 0.399 e. The number of benzene rings is 4. The minimum absolute atomic E-state index is 0.0272. The summed E-state index contributed by atoms with van der Waals surface area (Å²) in [5.41, 5.74) is 7.81. The predicted molar refractivity (Wildman–Crippen MR) is 160 cm³/mol. The van der Waals surface area contributed by atoms with Crippen molar-refractivity contribution in [1.29, 1.82) is 0 Å². The van der Waals surface area contributed by atoms with Crippen LogP contribution in [0.25, 0.3) is 10.8 Å². The third-order valence-corrected chi connectivity index (χ3v) is 8.12. The van der Waals surface area contributed by atoms with E-state index in [2.05, 4.69) is 10.0 Å². The number of nitrogen functional groups attached to an aromatic ring is 1. The zero-order valence-electron chi connectivity index (χ0n) is 22.8. The molecule has 0 aromatic heterocycles. The maximum atomic E-state index is 13.4. The number of sulfonamides is 1. The molecule has 0 radical (unpaired) electrons. The zero-order chi connectivity index (χ0) is 29.6. The molecule has 0 aliphatic heterocycles. The normalized spacial score (nSPS) is 12.0. The van der Waals surface area contributed by atoms with Crippen LogP contribution in [0.1, 0.15) is 29.8 Å². The van der Waals surface area contributed by atoms with Crippen LogP contribution >= 0.6 is 0 Å². The van der Waals surface area contributed by atoms with Crippen LogP contribution in [0.4, 0.5) is 11.4 Å². The molecule has 0 spiro atoms. The summed E-state index contributed by atoms with van der Waals surface area (Å²) in [7, 11) is -4.24. The van der Waals surface area contributed by atoms with E-state index in [0.29, 0.717) is 41.0 Å². The van der Waals surface area contributed by atoms with Crippen LogP contribution in [0, 0.1) is 5.92 Å². The van der Waals surface area contributed by atoms with Gasteiger partial charge in [-0.2, -0.15) is 0 Å². The van der Waals surface area contributed by atoms with E-state index in [0.717, 1.165) is 5.39 Å². The average molecular weight is 573 g/mol. The van der Waals surface area contributed by atoms with Crippen LogP contribution in [-0.4, -0.2) is 44.1 Å². The number of rotatable bonds is 10. The fraction of sp³-hybridized carbons (Fsp3) is 0.194. The van der Waals surface area contributed by atoms with Gasteiger partial charge in [0.05, 0.1) is 4.90 Å². The van der Waals surface area contributed by atoms with Gasteiger partial charge in [0, 0.05) is 30.0 Å². The van der Waals surface area contributed by atoms with Crippen molar-refractivity contribution in [2.75, 3.05) is 24.1 Å². The molecule has 1 unspecified atom stereocenters. The van der Waals surface area contributed by atoms with Crippen LogP contribution in [0.15, 0.2) is 95.9 Å². The third kappa shape index (κ3) is 7.09. The lowest BCUT2D eigenvalue weighted by Crippen LogP contribution is -2.46. The number of anilines is 2. The summed E-state index contributed by atoms with van der Waals surface area (Å²) in [6.07, 6.45) is -0.0272. The molecule has 9 nitrogen and oxygen atoms in total. The van der Waals surface area contributed by atoms with Crippen LogP contribution in [0.2, 0.25) is 0 Å². The Morgan fingerprint density at radius 2 is 1.46 bits per heavy atom. The number of amides is 3. The van der Waals surface area contributed by atoms with Crippen LogP contribution in [-0.2, 0) is 26.0 Å². The van der Waals surface area contributed by atoms with E-state index in [1.54, 1.807) is 80.6 Å². The molecule has 0 fully saturated rings. The fourth-order valence-corrected chi connectivity index (χ4v) is 5.50. The lowest BCUT2D eigenvalue weighted by atomic mass is 9.97. The van der Waals surface area contributed by atoms with Crippen LogP contribution in [0.5, 0.6) is 0 Å². The van der Waals surface area contributed by atoms with E-state index >= 15 is 0 Å². The Labute approximate surface area is 239 Å². The summed E-state index contributed by atoms with van der Waals surface area (Å²) < 4.78 is 28.4. The molecule has 10 heteroatoms. The number of nitrogens with zero attached hydrogens (tertiary/aromatic N) is 1. The van der Waals surface area contributed by atoms with Crippen LogP contribution < -0.4 is 15.8 Å². The molecular weight excluding hydrogens is 540 g/mol. The maximum absolute atomic E-state index is 13.4. The smallest absolute Gasteiger partial charge is 0.264 e. The first-order valence-electron chi connectivity index (χ1n) is 13.2. The minimum Gasteiger partial charge on any atom is -0.399 e. The molecule has 0 bridgehead atoms. The zero-order valence-corrected chi connectivity index (χ0v) is 23.6. The highest BCUT2D eigenvalue weighted by atomic mass is 32.2. The number of nitrogens with two attached hydrogens (primary N) is 1. The molecule has 212 valence electrons. The molecule has 41 heavy (non-hydrogen) atoms. The molecule has 0 heterocycles. The van der Waals surface area contributed by atoms with Crippen molar-refractivity contribution in [3.63, 3.8) is 0 Å². The summed E-state index contributed by atoms with van der Waals surface area (Å²) in [6, 6.07) is 25.1. The van der Waals surface area contributed by atoms with Gasteiger partial charge in [-0.05, 0) is 85.1 Å². The van der Waals surface area contributed by atoms with E-state index in [-0.39, 0.29) is 17.2 Å². The summed E-state index contributed by atoms with van der Waals surface area (Å²) in [5, 5.41) is 4.36. The van der Waals surface area contributed by atoms with E-state index < -0.39 is 27.8 Å². The second-order valence-corrected chi connectivity index (χ2v) is 11.2. The molecular formula is C31H32N4O5S. The first-order valence-corrected chi connectivity index (χ1v) is 14.7. The summed E-state index contributed by atoms with van der Waals surface area (Å²) in [4.78, 5) is 40.7. The quantitative estimate of drug-likeness (QED) is 0.192. The Morgan fingerprint density at radius 3 is 2.10 bits per heavy atom. The average Bonchev–Trinajstić information content (AvgIpc) is 2.97. The highest BCUT2D eigenvalue weighted by molar-refractivity contribution is 7.90. The second kappa shape index (κ2) is 12.6. The maximum Gasteiger partial charge on any atom is 0.264 e. The van der Waals surface area contributed by atoms with Crippen molar-refractivity contribution in [3.8, 4) is 0 Å². The molecule has 0 aliphatic rings. The van der Waals surface area contributed by atoms with Gasteiger partial charge in [0.15, 0.2) is 0 Å². The molecule has 3 amide bonds. The Balaban J connectivity index is 1.53. The van der Waals surface area contributed by atoms with Crippen molar-refractivity contribution < 1.29 is 22.8 Å². The molecule has 0 saturated carbocycles. The number of hydrogen-bond donors (Lipinski definition) is 3. The van der Waals surface area contributed by atoms with Crippen molar-refractivity contribution in [2.24, 2.45) is 5.92 Å². The third-order valence-electron chi connectivity index (χ3n) is 6.78. The van der Waals surface area contributed by atoms with Crippen molar-refractivity contribution in [3.05, 3.63) is 102 Å². The molecule has 4 rings (SSSR count). The monoisotopic (exact) mass is 572 g/mol. The van der Waals surface area contributed by atoms with E-state index in [4.69, 9.17) is 5.73 Å². The highest BCUT2D eigenvalue weighted by Crippen LogP contribution is 2.21. The Morgan fingerprint density at radius 1 is 0.829 bits per heavy atom. The lowest BCUT2D eigenvalue weighted by molar-refractivity contribution is -0.141. The molecule has 4 aromatic rings. The molecule has 0 aliphatic carbocycles. The highest BCUT2D eigenvalue weighted by Gasteiger charge is 2.33. The van der Waals surface area contributed by atoms with E-state index in [1.165, 1.54) is 17.0 Å². The SMILES string of the molecule is CCN(CC)C(=O)C(Cc1ccc(NC(=O)c2ccc(N)cc2)cc1)C(=O)NS(=O)(=O)c1ccc2ccccc2c1. The van der Waals surface area contributed by atoms with Gasteiger partial charge in [-0.15, -0.1) is 0 Å². The first-order chi connectivity index (χ1) is 19.6. The van der Waals surface area contributed by atoms with Gasteiger partial charge in [-0.25, -0.2) is 13.1 Å². The molecule has 1 atom stereocenters. The van der Waals surface area contributed by atoms with Gasteiger partial charge in [0.2, 0.25) is 11.8 Å². The molecule has 4 aromatic carbocycles. The molecule has 4 N–H and O–H groups in total. The summed E-state index contributed by atoms with van der Waals surface area (Å²) in [5.74, 6) is -2.97. The Bertz CT molecular complexity index is 1670. The van der Waals surface area contributed by atoms with Crippen molar-refractivity contribution in [2.45, 2.75) is 25.2 Å². The standard InChI is InChI=1S/C31H32N4O5S/c1-3-35(4-2)31(38)28(30(37)34-41(39,40)27-18-13-22-7-5-6-8-24(22)20-27)19-21-9-16-26(17-10-21)33-29(36)23-11-14-25(32)15-12-23/h5-18,20,28H,3-4,19,32H2,1-2H3,(H,33,36)(H,34,37). The fourth-order valence-electron chi connectivity index (χ4n) is 4.44. The topological polar surface area (TPSA) is 139 Å². The second-order valence-electron chi connectivity index (χ2n) is 9.52. The summed E-state index contributed by atoms with van der Waals surface area (Å²) in [6.45, 7) is 4.32. The van der Waals surface area contributed by atoms with Gasteiger partial charge in [-0.3, -0.25) is 14.4 Å². The summed E-state index contributed by atoms with van der Waals surface area (Å²) >= 11 is 0. The van der Waals surface area contributed by atoms with Gasteiger partial charge >= 0.3 is 0 Å². The lowest BCUT2D eigenvalue weighted by Gasteiger charge is -2.25. The first kappa shape index (κ1) is 29.3. The Hall–Kier alpha value is -4.70. The number of nitrogens with one attached hydrogen (secondary N) is 2. The Kier molecular flexibility index (Phi) is 9.04. The van der Waals surface area contributed by atoms with Crippen molar-refractivity contribution in [1.82, 2.24) is 9.62 Å². The predicted octanol–water partition coefficient (Wildman–Crippen LogP) is 4.21. The van der Waals surface area contributed by atoms with Gasteiger partial charge in [-0.1, -0.05) is 42.5 Å². The van der Waals surface area contributed by atoms with Gasteiger partial charge < -0.3 is 16.0 Å². The number of carbonyl (C=O) groups excluding carboxylic acids is 3. The van der Waals surface area contributed by atoms with Crippen molar-refractivity contribution >= 4 is 49.9 Å². The van der Waals surface area contributed by atoms with Crippen LogP contribution in [0.3, 0.4) is 0 Å². The van der Waals surface area contributed by atoms with Gasteiger partial charge in [0.25, 0.3) is 15.9 Å². The molecule has 0 saturated heterocycles. The number of hydrogen-bond acceptors (Lipinski definition) is 6.